The van der Waals surface area contributed by atoms with Gasteiger partial charge >= 0.3 is 0 Å². The van der Waals surface area contributed by atoms with E-state index in [4.69, 9.17) is 4.74 Å². The van der Waals surface area contributed by atoms with Crippen molar-refractivity contribution in [1.29, 1.82) is 0 Å². The lowest BCUT2D eigenvalue weighted by Gasteiger charge is -2.23. The first-order chi connectivity index (χ1) is 10.6. The number of nitrogens with one attached hydrogen (secondary N) is 1. The van der Waals surface area contributed by atoms with Crippen molar-refractivity contribution < 1.29 is 14.3 Å². The highest BCUT2D eigenvalue weighted by Gasteiger charge is 2.22. The first kappa shape index (κ1) is 16.5. The molecular formula is C17H24N2O3. The zero-order valence-electron chi connectivity index (χ0n) is 13.3. The zero-order valence-corrected chi connectivity index (χ0v) is 13.3. The van der Waals surface area contributed by atoms with Crippen molar-refractivity contribution in [3.05, 3.63) is 29.8 Å². The van der Waals surface area contributed by atoms with Crippen molar-refractivity contribution in [1.82, 2.24) is 10.2 Å². The van der Waals surface area contributed by atoms with Gasteiger partial charge in [0.15, 0.2) is 5.78 Å². The van der Waals surface area contributed by atoms with Crippen LogP contribution in [0.15, 0.2) is 24.3 Å². The molecule has 1 aliphatic heterocycles. The van der Waals surface area contributed by atoms with E-state index in [0.717, 1.165) is 19.5 Å². The Morgan fingerprint density at radius 1 is 1.41 bits per heavy atom. The number of Topliss-reactive ketones (excluding diaryl/α,β-unsaturated/α-hetero) is 1. The van der Waals surface area contributed by atoms with Crippen LogP contribution in [0.3, 0.4) is 0 Å². The van der Waals surface area contributed by atoms with Gasteiger partial charge in [0.1, 0.15) is 5.75 Å². The number of ketones is 1. The minimum absolute atomic E-state index is 0.0208. The van der Waals surface area contributed by atoms with Gasteiger partial charge in [-0.05, 0) is 38.4 Å². The smallest absolute Gasteiger partial charge is 0.222 e. The van der Waals surface area contributed by atoms with E-state index >= 15 is 0 Å². The molecule has 0 bridgehead atoms. The summed E-state index contributed by atoms with van der Waals surface area (Å²) in [5.74, 6) is 0.857. The molecule has 22 heavy (non-hydrogen) atoms. The summed E-state index contributed by atoms with van der Waals surface area (Å²) in [6.45, 7) is 3.88. The molecule has 1 aromatic carbocycles. The molecule has 5 heteroatoms. The summed E-state index contributed by atoms with van der Waals surface area (Å²) in [5, 5.41) is 3.27. The van der Waals surface area contributed by atoms with E-state index in [-0.39, 0.29) is 11.7 Å². The molecule has 1 saturated heterocycles. The maximum Gasteiger partial charge on any atom is 0.222 e. The lowest BCUT2D eigenvalue weighted by Crippen LogP contribution is -2.38. The van der Waals surface area contributed by atoms with Crippen LogP contribution < -0.4 is 10.1 Å². The third-order valence-electron chi connectivity index (χ3n) is 4.02. The van der Waals surface area contributed by atoms with Crippen LogP contribution in [0.1, 0.15) is 36.5 Å². The van der Waals surface area contributed by atoms with Crippen LogP contribution in [-0.2, 0) is 4.79 Å². The van der Waals surface area contributed by atoms with Crippen molar-refractivity contribution in [3.8, 4) is 5.75 Å². The monoisotopic (exact) mass is 304 g/mol. The minimum atomic E-state index is 0.0208. The number of carbonyl (C=O) groups is 2. The fraction of sp³-hybridized carbons (Fsp3) is 0.529. The molecule has 0 saturated carbocycles. The summed E-state index contributed by atoms with van der Waals surface area (Å²) in [7, 11) is 1.87. The molecule has 5 nitrogen and oxygen atoms in total. The Labute approximate surface area is 131 Å². The van der Waals surface area contributed by atoms with E-state index in [9.17, 15) is 9.59 Å². The third kappa shape index (κ3) is 4.56. The van der Waals surface area contributed by atoms with Gasteiger partial charge in [-0.3, -0.25) is 9.59 Å². The van der Waals surface area contributed by atoms with Crippen LogP contribution in [-0.4, -0.2) is 49.4 Å². The number of rotatable bonds is 7. The average molecular weight is 304 g/mol. The van der Waals surface area contributed by atoms with Gasteiger partial charge in [-0.15, -0.1) is 0 Å². The fourth-order valence-electron chi connectivity index (χ4n) is 2.57. The SMILES string of the molecule is CC(=O)c1cccc(OCCCC(=O)N(C)C2CCNC2)c1. The number of likely N-dealkylation sites (N-methyl/N-ethyl adjacent to an activating group) is 1. The minimum Gasteiger partial charge on any atom is -0.494 e. The summed E-state index contributed by atoms with van der Waals surface area (Å²) in [4.78, 5) is 25.2. The van der Waals surface area contributed by atoms with Gasteiger partial charge in [-0.1, -0.05) is 12.1 Å². The predicted molar refractivity (Wildman–Crippen MR) is 85.2 cm³/mol. The Morgan fingerprint density at radius 3 is 2.91 bits per heavy atom. The quantitative estimate of drug-likeness (QED) is 0.617. The molecule has 1 atom stereocenters. The molecule has 0 radical (unpaired) electrons. The van der Waals surface area contributed by atoms with Crippen molar-refractivity contribution >= 4 is 11.7 Å². The Morgan fingerprint density at radius 2 is 2.23 bits per heavy atom. The number of amides is 1. The largest absolute Gasteiger partial charge is 0.494 e. The molecule has 1 aliphatic rings. The van der Waals surface area contributed by atoms with Crippen LogP contribution in [0.25, 0.3) is 0 Å². The summed E-state index contributed by atoms with van der Waals surface area (Å²) < 4.78 is 5.62. The lowest BCUT2D eigenvalue weighted by atomic mass is 10.1. The van der Waals surface area contributed by atoms with Crippen LogP contribution in [0.5, 0.6) is 5.75 Å². The van der Waals surface area contributed by atoms with E-state index < -0.39 is 0 Å². The van der Waals surface area contributed by atoms with Gasteiger partial charge in [-0.25, -0.2) is 0 Å². The second-order valence-electron chi connectivity index (χ2n) is 5.69. The Kier molecular flexibility index (Phi) is 5.95. The molecule has 0 spiro atoms. The summed E-state index contributed by atoms with van der Waals surface area (Å²) in [5.41, 5.74) is 0.641. The molecule has 0 aromatic heterocycles. The van der Waals surface area contributed by atoms with Crippen LogP contribution >= 0.6 is 0 Å². The third-order valence-corrected chi connectivity index (χ3v) is 4.02. The molecule has 0 aliphatic carbocycles. The number of hydrogen-bond acceptors (Lipinski definition) is 4. The van der Waals surface area contributed by atoms with Crippen LogP contribution in [0.2, 0.25) is 0 Å². The maximum absolute atomic E-state index is 12.1. The van der Waals surface area contributed by atoms with E-state index in [0.29, 0.717) is 36.8 Å². The molecule has 1 amide bonds. The summed E-state index contributed by atoms with van der Waals surface area (Å²) in [6, 6.07) is 7.45. The van der Waals surface area contributed by atoms with Gasteiger partial charge in [0.2, 0.25) is 5.91 Å². The topological polar surface area (TPSA) is 58.6 Å². The lowest BCUT2D eigenvalue weighted by molar-refractivity contribution is -0.131. The van der Waals surface area contributed by atoms with Gasteiger partial charge < -0.3 is 15.0 Å². The van der Waals surface area contributed by atoms with E-state index in [1.807, 2.05) is 18.0 Å². The molecule has 1 aromatic rings. The molecule has 1 N–H and O–H groups in total. The standard InChI is InChI=1S/C17H24N2O3/c1-13(20)14-5-3-6-16(11-14)22-10-4-7-17(21)19(2)15-8-9-18-12-15/h3,5-6,11,15,18H,4,7-10,12H2,1-2H3. The van der Waals surface area contributed by atoms with Crippen LogP contribution in [0.4, 0.5) is 0 Å². The second-order valence-corrected chi connectivity index (χ2v) is 5.69. The molecular weight excluding hydrogens is 280 g/mol. The first-order valence-electron chi connectivity index (χ1n) is 7.78. The average Bonchev–Trinajstić information content (AvgIpc) is 3.05. The first-order valence-corrected chi connectivity index (χ1v) is 7.78. The van der Waals surface area contributed by atoms with Gasteiger partial charge in [0.05, 0.1) is 6.61 Å². The second kappa shape index (κ2) is 7.94. The Balaban J connectivity index is 1.71. The number of hydrogen-bond donors (Lipinski definition) is 1. The maximum atomic E-state index is 12.1. The van der Waals surface area contributed by atoms with E-state index in [2.05, 4.69) is 5.32 Å². The molecule has 1 unspecified atom stereocenters. The summed E-state index contributed by atoms with van der Waals surface area (Å²) in [6.07, 6.45) is 2.18. The highest BCUT2D eigenvalue weighted by atomic mass is 16.5. The Bertz CT molecular complexity index is 524. The normalized spacial score (nSPS) is 17.3. The van der Waals surface area contributed by atoms with Crippen molar-refractivity contribution in [3.63, 3.8) is 0 Å². The van der Waals surface area contributed by atoms with Crippen LogP contribution in [0, 0.1) is 0 Å². The molecule has 120 valence electrons. The molecule has 1 fully saturated rings. The van der Waals surface area contributed by atoms with E-state index in [1.165, 1.54) is 6.92 Å². The number of nitrogens with zero attached hydrogens (tertiary/aromatic N) is 1. The van der Waals surface area contributed by atoms with Gasteiger partial charge in [0, 0.05) is 31.6 Å². The van der Waals surface area contributed by atoms with Gasteiger partial charge in [-0.2, -0.15) is 0 Å². The van der Waals surface area contributed by atoms with Crippen molar-refractivity contribution in [2.24, 2.45) is 0 Å². The number of carbonyl (C=O) groups excluding carboxylic acids is 2. The molecule has 1 heterocycles. The molecule has 2 rings (SSSR count). The number of benzene rings is 1. The predicted octanol–water partition coefficient (Wildman–Crippen LogP) is 1.87. The van der Waals surface area contributed by atoms with E-state index in [1.54, 1.807) is 18.2 Å². The van der Waals surface area contributed by atoms with Crippen molar-refractivity contribution in [2.45, 2.75) is 32.2 Å². The number of ether oxygens (including phenoxy) is 1. The Hall–Kier alpha value is -1.88. The van der Waals surface area contributed by atoms with Gasteiger partial charge in [0.25, 0.3) is 0 Å². The zero-order chi connectivity index (χ0) is 15.9. The fourth-order valence-corrected chi connectivity index (χ4v) is 2.57. The van der Waals surface area contributed by atoms with Crippen molar-refractivity contribution in [2.75, 3.05) is 26.7 Å². The highest BCUT2D eigenvalue weighted by Crippen LogP contribution is 2.14. The summed E-state index contributed by atoms with van der Waals surface area (Å²) >= 11 is 0. The highest BCUT2D eigenvalue weighted by molar-refractivity contribution is 5.94.